The summed E-state index contributed by atoms with van der Waals surface area (Å²) in [7, 11) is -5.61. The Morgan fingerprint density at radius 1 is 0.875 bits per heavy atom. The van der Waals surface area contributed by atoms with Crippen LogP contribution in [0.25, 0.3) is 0 Å². The summed E-state index contributed by atoms with van der Waals surface area (Å²) < 4.78 is 0. The van der Waals surface area contributed by atoms with Crippen molar-refractivity contribution in [1.82, 2.24) is 0 Å². The van der Waals surface area contributed by atoms with Gasteiger partial charge in [-0.1, -0.05) is 0 Å². The van der Waals surface area contributed by atoms with Crippen molar-refractivity contribution >= 4 is 50.8 Å². The molecule has 0 N–H and O–H groups in total. The van der Waals surface area contributed by atoms with E-state index in [2.05, 4.69) is 0 Å². The molecule has 2 radical (unpaired) electrons. The third kappa shape index (κ3) is 60.2. The maximum absolute atomic E-state index is 8.58. The van der Waals surface area contributed by atoms with Gasteiger partial charge in [-0.15, -0.1) is 0 Å². The molecule has 0 unspecified atom stereocenters. The second-order valence-corrected chi connectivity index (χ2v) is 1.50. The van der Waals surface area contributed by atoms with Crippen molar-refractivity contribution in [3.8, 4) is 0 Å². The summed E-state index contributed by atoms with van der Waals surface area (Å²) in [5.41, 5.74) is 0. The van der Waals surface area contributed by atoms with Crippen LogP contribution in [0.2, 0.25) is 0 Å². The minimum atomic E-state index is -5.61. The van der Waals surface area contributed by atoms with Gasteiger partial charge in [-0.05, 0) is 0 Å². The van der Waals surface area contributed by atoms with Crippen molar-refractivity contribution in [3.63, 3.8) is 0 Å². The molecule has 0 saturated heterocycles. The Hall–Kier alpha value is 3.21. The minimum absolute atomic E-state index is 0. The Balaban J connectivity index is -0.0000000267. The first-order valence-corrected chi connectivity index (χ1v) is 2.45. The van der Waals surface area contributed by atoms with E-state index in [9.17, 15) is 0 Å². The topological polar surface area (TPSA) is 92.2 Å². The quantitative estimate of drug-likeness (QED) is 0.413. The third-order valence-corrected chi connectivity index (χ3v) is 0. The number of hydrogen-bond donors (Lipinski definition) is 0. The molecule has 0 amide bonds. The average molecular weight is 326 g/mol. The van der Waals surface area contributed by atoms with Crippen molar-refractivity contribution in [1.29, 1.82) is 0 Å². The van der Waals surface area contributed by atoms with Gasteiger partial charge in [0.05, 0.1) is 0 Å². The number of hydrogen-bond acceptors (Lipinski definition) is 4. The average Bonchev–Trinajstić information content (AvgIpc) is 0.722. The summed E-state index contributed by atoms with van der Waals surface area (Å²) in [5, 5.41) is 0. The van der Waals surface area contributed by atoms with Crippen molar-refractivity contribution < 1.29 is 77.4 Å². The van der Waals surface area contributed by atoms with E-state index >= 15 is 0 Å². The van der Waals surface area contributed by atoms with E-state index < -0.39 is 9.05 Å². The molecule has 0 saturated carbocycles. The fourth-order valence-corrected chi connectivity index (χ4v) is 0. The SMILES string of the molecule is [Al+3].[O-][Si]([O-])([O-])[O-].[Rb+].[Sb+3]. The van der Waals surface area contributed by atoms with Crippen LogP contribution in [0.3, 0.4) is 0 Å². The van der Waals surface area contributed by atoms with Crippen molar-refractivity contribution in [2.45, 2.75) is 0 Å². The summed E-state index contributed by atoms with van der Waals surface area (Å²) in [6.45, 7) is 0. The molecule has 0 rings (SSSR count). The first-order chi connectivity index (χ1) is 2.00. The summed E-state index contributed by atoms with van der Waals surface area (Å²) in [5.74, 6) is 0. The van der Waals surface area contributed by atoms with Crippen molar-refractivity contribution in [2.24, 2.45) is 0 Å². The van der Waals surface area contributed by atoms with Gasteiger partial charge in [-0.3, -0.25) is 0 Å². The zero-order chi connectivity index (χ0) is 4.50. The van der Waals surface area contributed by atoms with Crippen LogP contribution in [0.1, 0.15) is 0 Å². The monoisotopic (exact) mass is 325 g/mol. The van der Waals surface area contributed by atoms with Gasteiger partial charge in [0.1, 0.15) is 0 Å². The Kier molecular flexibility index (Phi) is 28.7. The molecule has 0 aliphatic rings. The second kappa shape index (κ2) is 10.2. The summed E-state index contributed by atoms with van der Waals surface area (Å²) in [6, 6.07) is 0. The zero-order valence-electron chi connectivity index (χ0n) is 4.16. The van der Waals surface area contributed by atoms with E-state index in [0.29, 0.717) is 0 Å². The second-order valence-electron chi connectivity index (χ2n) is 0.500. The fourth-order valence-electron chi connectivity index (χ4n) is 0. The summed E-state index contributed by atoms with van der Waals surface area (Å²) >= 11 is 0. The molecule has 34 valence electrons. The van der Waals surface area contributed by atoms with E-state index in [0.717, 1.165) is 0 Å². The molecule has 0 aromatic rings. The van der Waals surface area contributed by atoms with Crippen LogP contribution < -0.4 is 77.4 Å². The van der Waals surface area contributed by atoms with Gasteiger partial charge in [0.25, 0.3) is 0 Å². The van der Waals surface area contributed by atoms with Crippen LogP contribution in [-0.4, -0.2) is 50.8 Å². The first-order valence-electron chi connectivity index (χ1n) is 0.816. The van der Waals surface area contributed by atoms with Gasteiger partial charge >= 0.3 is 100.0 Å². The van der Waals surface area contributed by atoms with Gasteiger partial charge in [0.15, 0.2) is 0 Å². The van der Waals surface area contributed by atoms with E-state index in [4.69, 9.17) is 19.2 Å². The first kappa shape index (κ1) is 22.5. The maximum atomic E-state index is 8.58. The summed E-state index contributed by atoms with van der Waals surface area (Å²) in [6.07, 6.45) is 0. The molecule has 8 heteroatoms. The van der Waals surface area contributed by atoms with Crippen LogP contribution in [0.4, 0.5) is 0 Å². The van der Waals surface area contributed by atoms with Crippen LogP contribution in [0.15, 0.2) is 0 Å². The molecule has 0 spiro atoms. The Bertz CT molecular complexity index is 31.5. The molecule has 0 heterocycles. The Morgan fingerprint density at radius 3 is 0.875 bits per heavy atom. The smallest absolute Gasteiger partial charge is 0.894 e. The Labute approximate surface area is 125 Å². The van der Waals surface area contributed by atoms with Crippen LogP contribution in [-0.2, 0) is 0 Å². The molecule has 4 nitrogen and oxygen atoms in total. The van der Waals surface area contributed by atoms with Gasteiger partial charge in [0.2, 0.25) is 0 Å². The standard InChI is InChI=1S/Al.O4Si.Rb.Sb/c;1-5(2,3)4;;/q+3;-4;+1;+3. The molecule has 0 aromatic heterocycles. The molecule has 0 bridgehead atoms. The normalized spacial score (nSPS) is 7.50. The predicted octanol–water partition coefficient (Wildman–Crippen LogP) is -8.89. The van der Waals surface area contributed by atoms with E-state index in [-0.39, 0.29) is 100.0 Å². The number of rotatable bonds is 0. The van der Waals surface area contributed by atoms with Crippen molar-refractivity contribution in [2.75, 3.05) is 0 Å². The molecule has 0 aliphatic carbocycles. The van der Waals surface area contributed by atoms with Crippen LogP contribution in [0, 0.1) is 0 Å². The van der Waals surface area contributed by atoms with E-state index in [1.165, 1.54) is 0 Å². The van der Waals surface area contributed by atoms with Gasteiger partial charge in [-0.25, -0.2) is 0 Å². The molecule has 0 aromatic carbocycles. The van der Waals surface area contributed by atoms with Gasteiger partial charge in [-0.2, -0.15) is 0 Å². The fraction of sp³-hybridized carbons (Fsp3) is 0. The van der Waals surface area contributed by atoms with Gasteiger partial charge in [0, 0.05) is 0 Å². The van der Waals surface area contributed by atoms with Crippen LogP contribution in [0.5, 0.6) is 0 Å². The molecule has 0 atom stereocenters. The molecule has 8 heavy (non-hydrogen) atoms. The Morgan fingerprint density at radius 2 is 0.875 bits per heavy atom. The largest absolute Gasteiger partial charge is 3.00 e. The van der Waals surface area contributed by atoms with E-state index in [1.807, 2.05) is 0 Å². The van der Waals surface area contributed by atoms with E-state index in [1.54, 1.807) is 0 Å². The van der Waals surface area contributed by atoms with Crippen LogP contribution >= 0.6 is 0 Å². The molecule has 0 aliphatic heterocycles. The summed E-state index contributed by atoms with van der Waals surface area (Å²) in [4.78, 5) is 34.3. The zero-order valence-corrected chi connectivity index (χ0v) is 13.8. The minimum Gasteiger partial charge on any atom is -0.894 e. The third-order valence-electron chi connectivity index (χ3n) is 0. The van der Waals surface area contributed by atoms with Gasteiger partial charge < -0.3 is 28.2 Å². The molecule has 0 fully saturated rings. The van der Waals surface area contributed by atoms with Crippen molar-refractivity contribution in [3.05, 3.63) is 0 Å². The predicted molar refractivity (Wildman–Crippen MR) is 17.3 cm³/mol. The molecular weight excluding hydrogens is 326 g/mol. The molecular formula is AlO4RbSbSi+3. The maximum Gasteiger partial charge on any atom is 3.00 e.